The molecule has 5 nitrogen and oxygen atoms in total. The van der Waals surface area contributed by atoms with Crippen LogP contribution in [-0.2, 0) is 14.3 Å². The van der Waals surface area contributed by atoms with Gasteiger partial charge in [0.25, 0.3) is 0 Å². The van der Waals surface area contributed by atoms with E-state index in [1.807, 2.05) is 4.90 Å². The molecule has 0 radical (unpaired) electrons. The van der Waals surface area contributed by atoms with Gasteiger partial charge in [-0.2, -0.15) is 0 Å². The maximum absolute atomic E-state index is 12.2. The molecule has 0 saturated carbocycles. The van der Waals surface area contributed by atoms with Crippen molar-refractivity contribution in [1.29, 1.82) is 0 Å². The SMILES string of the molecule is COCC1CCCN(C(=O)CC2COCCN2)C1.Cl. The lowest BCUT2D eigenvalue weighted by molar-refractivity contribution is -0.134. The number of halogens is 1. The minimum Gasteiger partial charge on any atom is -0.384 e. The van der Waals surface area contributed by atoms with E-state index >= 15 is 0 Å². The molecule has 1 amide bonds. The van der Waals surface area contributed by atoms with Gasteiger partial charge < -0.3 is 19.7 Å². The van der Waals surface area contributed by atoms with E-state index in [1.54, 1.807) is 7.11 Å². The Morgan fingerprint density at radius 3 is 3.05 bits per heavy atom. The van der Waals surface area contributed by atoms with E-state index < -0.39 is 0 Å². The Labute approximate surface area is 121 Å². The number of piperidine rings is 1. The third-order valence-electron chi connectivity index (χ3n) is 3.69. The van der Waals surface area contributed by atoms with E-state index in [1.165, 1.54) is 6.42 Å². The van der Waals surface area contributed by atoms with Crippen LogP contribution in [0.4, 0.5) is 0 Å². The van der Waals surface area contributed by atoms with Crippen LogP contribution in [-0.4, -0.2) is 63.4 Å². The fraction of sp³-hybridized carbons (Fsp3) is 0.923. The molecule has 2 atom stereocenters. The first-order chi connectivity index (χ1) is 8.79. The number of amides is 1. The van der Waals surface area contributed by atoms with Gasteiger partial charge in [0.05, 0.1) is 19.8 Å². The maximum atomic E-state index is 12.2. The normalized spacial score (nSPS) is 27.7. The summed E-state index contributed by atoms with van der Waals surface area (Å²) in [5.41, 5.74) is 0. The van der Waals surface area contributed by atoms with E-state index in [4.69, 9.17) is 9.47 Å². The Hall–Kier alpha value is -0.360. The van der Waals surface area contributed by atoms with Crippen molar-refractivity contribution in [2.45, 2.75) is 25.3 Å². The molecule has 0 aromatic rings. The predicted octanol–water partition coefficient (Wildman–Crippen LogP) is 0.672. The molecular weight excluding hydrogens is 268 g/mol. The summed E-state index contributed by atoms with van der Waals surface area (Å²) in [6, 6.07) is 0.189. The third-order valence-corrected chi connectivity index (χ3v) is 3.69. The molecule has 2 saturated heterocycles. The highest BCUT2D eigenvalue weighted by molar-refractivity contribution is 5.85. The Kier molecular flexibility index (Phi) is 7.68. The molecule has 1 N–H and O–H groups in total. The van der Waals surface area contributed by atoms with Crippen LogP contribution in [0.15, 0.2) is 0 Å². The summed E-state index contributed by atoms with van der Waals surface area (Å²) >= 11 is 0. The molecule has 0 bridgehead atoms. The van der Waals surface area contributed by atoms with Gasteiger partial charge in [-0.15, -0.1) is 12.4 Å². The van der Waals surface area contributed by atoms with Crippen molar-refractivity contribution in [3.8, 4) is 0 Å². The minimum atomic E-state index is 0. The van der Waals surface area contributed by atoms with Crippen LogP contribution in [0.3, 0.4) is 0 Å². The second kappa shape index (κ2) is 8.74. The van der Waals surface area contributed by atoms with E-state index in [9.17, 15) is 4.79 Å². The van der Waals surface area contributed by atoms with E-state index in [0.29, 0.717) is 18.9 Å². The third kappa shape index (κ3) is 5.26. The van der Waals surface area contributed by atoms with Gasteiger partial charge >= 0.3 is 0 Å². The van der Waals surface area contributed by atoms with Gasteiger partial charge in [0, 0.05) is 39.2 Å². The fourth-order valence-corrected chi connectivity index (χ4v) is 2.75. The largest absolute Gasteiger partial charge is 0.384 e. The van der Waals surface area contributed by atoms with E-state index in [2.05, 4.69) is 5.32 Å². The number of likely N-dealkylation sites (tertiary alicyclic amines) is 1. The number of nitrogens with zero attached hydrogens (tertiary/aromatic N) is 1. The highest BCUT2D eigenvalue weighted by atomic mass is 35.5. The van der Waals surface area contributed by atoms with Gasteiger partial charge in [-0.1, -0.05) is 0 Å². The van der Waals surface area contributed by atoms with Crippen LogP contribution in [0.25, 0.3) is 0 Å². The lowest BCUT2D eigenvalue weighted by Crippen LogP contribution is -2.47. The van der Waals surface area contributed by atoms with Crippen molar-refractivity contribution >= 4 is 18.3 Å². The second-order valence-corrected chi connectivity index (χ2v) is 5.23. The smallest absolute Gasteiger partial charge is 0.224 e. The number of hydrogen-bond donors (Lipinski definition) is 1. The molecule has 0 aliphatic carbocycles. The molecule has 0 aromatic heterocycles. The van der Waals surface area contributed by atoms with E-state index in [0.717, 1.165) is 39.3 Å². The zero-order chi connectivity index (χ0) is 12.8. The van der Waals surface area contributed by atoms with Crippen molar-refractivity contribution < 1.29 is 14.3 Å². The van der Waals surface area contributed by atoms with Gasteiger partial charge in [0.15, 0.2) is 0 Å². The maximum Gasteiger partial charge on any atom is 0.224 e. The average Bonchev–Trinajstić information content (AvgIpc) is 2.40. The van der Waals surface area contributed by atoms with Gasteiger partial charge in [-0.05, 0) is 18.8 Å². The zero-order valence-electron chi connectivity index (χ0n) is 11.6. The van der Waals surface area contributed by atoms with E-state index in [-0.39, 0.29) is 24.4 Å². The molecule has 0 aromatic carbocycles. The number of rotatable bonds is 4. The molecule has 2 heterocycles. The summed E-state index contributed by atoms with van der Waals surface area (Å²) < 4.78 is 10.6. The molecule has 112 valence electrons. The van der Waals surface area contributed by atoms with Crippen molar-refractivity contribution in [3.05, 3.63) is 0 Å². The fourth-order valence-electron chi connectivity index (χ4n) is 2.75. The molecular formula is C13H25ClN2O3. The lowest BCUT2D eigenvalue weighted by atomic mass is 9.98. The second-order valence-electron chi connectivity index (χ2n) is 5.23. The number of morpholine rings is 1. The van der Waals surface area contributed by atoms with Crippen LogP contribution in [0.1, 0.15) is 19.3 Å². The monoisotopic (exact) mass is 292 g/mol. The first-order valence-corrected chi connectivity index (χ1v) is 6.87. The van der Waals surface area contributed by atoms with Crippen LogP contribution in [0.2, 0.25) is 0 Å². The lowest BCUT2D eigenvalue weighted by Gasteiger charge is -2.34. The number of ether oxygens (including phenoxy) is 2. The highest BCUT2D eigenvalue weighted by Crippen LogP contribution is 2.18. The quantitative estimate of drug-likeness (QED) is 0.828. The standard InChI is InChI=1S/C13H24N2O3.ClH/c1-17-9-11-3-2-5-15(8-11)13(16)7-12-10-18-6-4-14-12;/h11-12,14H,2-10H2,1H3;1H. The van der Waals surface area contributed by atoms with Gasteiger partial charge in [-0.3, -0.25) is 4.79 Å². The number of nitrogens with one attached hydrogen (secondary N) is 1. The van der Waals surface area contributed by atoms with Crippen LogP contribution < -0.4 is 5.32 Å². The topological polar surface area (TPSA) is 50.8 Å². The van der Waals surface area contributed by atoms with Gasteiger partial charge in [0.2, 0.25) is 5.91 Å². The number of methoxy groups -OCH3 is 1. The van der Waals surface area contributed by atoms with Crippen LogP contribution in [0, 0.1) is 5.92 Å². The molecule has 2 aliphatic heterocycles. The van der Waals surface area contributed by atoms with Gasteiger partial charge in [-0.25, -0.2) is 0 Å². The van der Waals surface area contributed by atoms with Crippen molar-refractivity contribution in [1.82, 2.24) is 10.2 Å². The van der Waals surface area contributed by atoms with Gasteiger partial charge in [0.1, 0.15) is 0 Å². The molecule has 0 spiro atoms. The Morgan fingerprint density at radius 1 is 1.53 bits per heavy atom. The zero-order valence-corrected chi connectivity index (χ0v) is 12.4. The highest BCUT2D eigenvalue weighted by Gasteiger charge is 2.26. The molecule has 2 fully saturated rings. The van der Waals surface area contributed by atoms with Crippen molar-refractivity contribution in [2.75, 3.05) is 46.6 Å². The molecule has 2 aliphatic rings. The Balaban J connectivity index is 0.00000180. The molecule has 2 rings (SSSR count). The summed E-state index contributed by atoms with van der Waals surface area (Å²) in [5.74, 6) is 0.752. The number of carbonyl (C=O) groups excluding carboxylic acids is 1. The molecule has 19 heavy (non-hydrogen) atoms. The Morgan fingerprint density at radius 2 is 2.37 bits per heavy atom. The Bertz CT molecular complexity index is 271. The van der Waals surface area contributed by atoms with Crippen LogP contribution >= 0.6 is 12.4 Å². The number of hydrogen-bond acceptors (Lipinski definition) is 4. The summed E-state index contributed by atoms with van der Waals surface area (Å²) in [5, 5.41) is 3.33. The first-order valence-electron chi connectivity index (χ1n) is 6.87. The minimum absolute atomic E-state index is 0. The summed E-state index contributed by atoms with van der Waals surface area (Å²) in [6.07, 6.45) is 2.82. The predicted molar refractivity (Wildman–Crippen MR) is 75.7 cm³/mol. The first kappa shape index (κ1) is 16.7. The summed E-state index contributed by atoms with van der Waals surface area (Å²) in [4.78, 5) is 14.2. The molecule has 6 heteroatoms. The molecule has 2 unspecified atom stereocenters. The van der Waals surface area contributed by atoms with Crippen LogP contribution in [0.5, 0.6) is 0 Å². The summed E-state index contributed by atoms with van der Waals surface area (Å²) in [6.45, 7) is 4.76. The average molecular weight is 293 g/mol. The number of carbonyl (C=O) groups is 1. The summed E-state index contributed by atoms with van der Waals surface area (Å²) in [7, 11) is 1.73. The van der Waals surface area contributed by atoms with Crippen molar-refractivity contribution in [2.24, 2.45) is 5.92 Å². The van der Waals surface area contributed by atoms with Crippen molar-refractivity contribution in [3.63, 3.8) is 0 Å².